The molecule has 4 rings (SSSR count). The van der Waals surface area contributed by atoms with Gasteiger partial charge in [0, 0.05) is 31.7 Å². The summed E-state index contributed by atoms with van der Waals surface area (Å²) in [5.74, 6) is 0.00596. The molecule has 1 saturated heterocycles. The molecule has 8 heteroatoms. The Morgan fingerprint density at radius 1 is 0.964 bits per heavy atom. The summed E-state index contributed by atoms with van der Waals surface area (Å²) >= 11 is 0. The second kappa shape index (κ2) is 7.37. The highest BCUT2D eigenvalue weighted by molar-refractivity contribution is 7.91. The van der Waals surface area contributed by atoms with Crippen LogP contribution < -0.4 is 4.90 Å². The smallest absolute Gasteiger partial charge is 0.236 e. The van der Waals surface area contributed by atoms with Crippen LogP contribution in [0, 0.1) is 5.82 Å². The Bertz CT molecular complexity index is 1060. The quantitative estimate of drug-likeness (QED) is 0.669. The Kier molecular flexibility index (Phi) is 4.91. The largest absolute Gasteiger partial charge is 0.419 e. The van der Waals surface area contributed by atoms with E-state index in [0.717, 1.165) is 13.1 Å². The molecule has 1 aromatic heterocycles. The van der Waals surface area contributed by atoms with Gasteiger partial charge in [-0.3, -0.25) is 0 Å². The zero-order chi connectivity index (χ0) is 19.7. The molecule has 0 N–H and O–H groups in total. The van der Waals surface area contributed by atoms with Crippen LogP contribution in [0.4, 0.5) is 10.3 Å². The van der Waals surface area contributed by atoms with E-state index in [1.165, 1.54) is 36.4 Å². The van der Waals surface area contributed by atoms with Crippen molar-refractivity contribution in [1.82, 2.24) is 9.88 Å². The van der Waals surface area contributed by atoms with Gasteiger partial charge >= 0.3 is 0 Å². The number of nitrogens with zero attached hydrogens (tertiary/aromatic N) is 3. The summed E-state index contributed by atoms with van der Waals surface area (Å²) in [4.78, 5) is 8.54. The molecule has 2 aromatic carbocycles. The Balaban J connectivity index is 1.82. The molecule has 3 aromatic rings. The van der Waals surface area contributed by atoms with Gasteiger partial charge in [-0.25, -0.2) is 12.8 Å². The van der Waals surface area contributed by atoms with Crippen LogP contribution in [0.3, 0.4) is 0 Å². The van der Waals surface area contributed by atoms with E-state index in [1.54, 1.807) is 18.2 Å². The van der Waals surface area contributed by atoms with Gasteiger partial charge in [-0.15, -0.1) is 0 Å². The number of anilines is 1. The zero-order valence-corrected chi connectivity index (χ0v) is 16.2. The molecule has 0 spiro atoms. The van der Waals surface area contributed by atoms with E-state index in [-0.39, 0.29) is 27.5 Å². The fraction of sp³-hybridized carbons (Fsp3) is 0.250. The van der Waals surface area contributed by atoms with Crippen LogP contribution in [0.5, 0.6) is 0 Å². The minimum Gasteiger partial charge on any atom is -0.419 e. The van der Waals surface area contributed by atoms with E-state index in [0.29, 0.717) is 18.7 Å². The number of likely N-dealkylation sites (N-methyl/N-ethyl adjacent to an activating group) is 1. The average molecular weight is 401 g/mol. The maximum atomic E-state index is 13.3. The van der Waals surface area contributed by atoms with E-state index in [4.69, 9.17) is 4.42 Å². The molecule has 0 radical (unpaired) electrons. The first-order valence-corrected chi connectivity index (χ1v) is 10.4. The highest BCUT2D eigenvalue weighted by Crippen LogP contribution is 2.35. The summed E-state index contributed by atoms with van der Waals surface area (Å²) in [5, 5.41) is -0.109. The van der Waals surface area contributed by atoms with Crippen LogP contribution in [0.1, 0.15) is 0 Å². The lowest BCUT2D eigenvalue weighted by atomic mass is 10.2. The van der Waals surface area contributed by atoms with Gasteiger partial charge in [0.25, 0.3) is 0 Å². The predicted octanol–water partition coefficient (Wildman–Crippen LogP) is 3.07. The Morgan fingerprint density at radius 2 is 1.61 bits per heavy atom. The lowest BCUT2D eigenvalue weighted by Crippen LogP contribution is -2.44. The van der Waals surface area contributed by atoms with E-state index in [9.17, 15) is 12.8 Å². The maximum absolute atomic E-state index is 13.3. The van der Waals surface area contributed by atoms with Crippen molar-refractivity contribution < 1.29 is 17.2 Å². The van der Waals surface area contributed by atoms with Gasteiger partial charge in [0.15, 0.2) is 0 Å². The minimum absolute atomic E-state index is 0.109. The zero-order valence-electron chi connectivity index (χ0n) is 15.4. The third-order valence-corrected chi connectivity index (χ3v) is 6.44. The monoisotopic (exact) mass is 401 g/mol. The second-order valence-electron chi connectivity index (χ2n) is 6.74. The molecule has 0 unspecified atom stereocenters. The summed E-state index contributed by atoms with van der Waals surface area (Å²) in [6, 6.07) is 13.8. The van der Waals surface area contributed by atoms with Crippen molar-refractivity contribution in [2.45, 2.75) is 9.92 Å². The molecule has 0 saturated carbocycles. The molecule has 0 atom stereocenters. The molecule has 0 amide bonds. The van der Waals surface area contributed by atoms with Gasteiger partial charge < -0.3 is 14.2 Å². The Morgan fingerprint density at radius 3 is 2.25 bits per heavy atom. The normalized spacial score (nSPS) is 15.7. The molecular formula is C20H20FN3O3S. The van der Waals surface area contributed by atoms with Crippen molar-refractivity contribution in [2.24, 2.45) is 0 Å². The number of oxazole rings is 1. The summed E-state index contributed by atoms with van der Waals surface area (Å²) < 4.78 is 45.7. The van der Waals surface area contributed by atoms with Gasteiger partial charge in [0.05, 0.1) is 4.90 Å². The van der Waals surface area contributed by atoms with Crippen LogP contribution in [0.15, 0.2) is 68.9 Å². The number of hydrogen-bond acceptors (Lipinski definition) is 6. The van der Waals surface area contributed by atoms with Crippen LogP contribution >= 0.6 is 0 Å². The predicted molar refractivity (Wildman–Crippen MR) is 104 cm³/mol. The summed E-state index contributed by atoms with van der Waals surface area (Å²) in [5.41, 5.74) is 0.520. The number of piperazine rings is 1. The van der Waals surface area contributed by atoms with Gasteiger partial charge in [-0.1, -0.05) is 18.2 Å². The van der Waals surface area contributed by atoms with Crippen LogP contribution in [-0.2, 0) is 9.84 Å². The van der Waals surface area contributed by atoms with E-state index >= 15 is 0 Å². The lowest BCUT2D eigenvalue weighted by molar-refractivity contribution is 0.305. The number of rotatable bonds is 4. The molecule has 0 bridgehead atoms. The van der Waals surface area contributed by atoms with Crippen molar-refractivity contribution in [3.8, 4) is 11.5 Å². The summed E-state index contributed by atoms with van der Waals surface area (Å²) in [6.07, 6.45) is 0. The van der Waals surface area contributed by atoms with Crippen LogP contribution in [-0.4, -0.2) is 51.5 Å². The minimum atomic E-state index is -3.86. The third kappa shape index (κ3) is 3.53. The van der Waals surface area contributed by atoms with Crippen molar-refractivity contribution in [3.05, 3.63) is 60.4 Å². The SMILES string of the molecule is CN1CCN(c2oc(-c3ccc(F)cc3)nc2S(=O)(=O)c2ccccc2)CC1. The highest BCUT2D eigenvalue weighted by atomic mass is 32.2. The number of sulfone groups is 1. The van der Waals surface area contributed by atoms with Gasteiger partial charge in [0.2, 0.25) is 26.6 Å². The molecule has 146 valence electrons. The fourth-order valence-electron chi connectivity index (χ4n) is 3.11. The Hall–Kier alpha value is -2.71. The molecule has 0 aliphatic carbocycles. The molecular weight excluding hydrogens is 381 g/mol. The first-order valence-electron chi connectivity index (χ1n) is 8.95. The number of hydrogen-bond donors (Lipinski definition) is 0. The summed E-state index contributed by atoms with van der Waals surface area (Å²) in [6.45, 7) is 2.84. The first kappa shape index (κ1) is 18.6. The molecule has 1 fully saturated rings. The van der Waals surface area contributed by atoms with Gasteiger partial charge in [-0.2, -0.15) is 4.98 Å². The third-order valence-electron chi connectivity index (χ3n) is 4.77. The summed E-state index contributed by atoms with van der Waals surface area (Å²) in [7, 11) is -1.84. The van der Waals surface area contributed by atoms with Gasteiger partial charge in [-0.05, 0) is 43.4 Å². The molecule has 1 aliphatic rings. The second-order valence-corrected chi connectivity index (χ2v) is 8.61. The molecule has 28 heavy (non-hydrogen) atoms. The number of aromatic nitrogens is 1. The fourth-order valence-corrected chi connectivity index (χ4v) is 4.45. The standard InChI is InChI=1S/C20H20FN3O3S/c1-23-11-13-24(14-12-23)20-19(28(25,26)17-5-3-2-4-6-17)22-18(27-20)15-7-9-16(21)10-8-15/h2-10H,11-14H2,1H3. The Labute approximate surface area is 163 Å². The van der Waals surface area contributed by atoms with Crippen molar-refractivity contribution in [3.63, 3.8) is 0 Å². The van der Waals surface area contributed by atoms with Crippen molar-refractivity contribution >= 4 is 15.7 Å². The lowest BCUT2D eigenvalue weighted by Gasteiger charge is -2.32. The van der Waals surface area contributed by atoms with Gasteiger partial charge in [0.1, 0.15) is 5.82 Å². The topological polar surface area (TPSA) is 66.7 Å². The van der Waals surface area contributed by atoms with Crippen LogP contribution in [0.2, 0.25) is 0 Å². The maximum Gasteiger partial charge on any atom is 0.236 e. The first-order chi connectivity index (χ1) is 13.4. The number of benzene rings is 2. The average Bonchev–Trinajstić information content (AvgIpc) is 3.16. The molecule has 6 nitrogen and oxygen atoms in total. The molecule has 1 aliphatic heterocycles. The number of halogens is 1. The van der Waals surface area contributed by atoms with Crippen LogP contribution in [0.25, 0.3) is 11.5 Å². The van der Waals surface area contributed by atoms with E-state index in [1.807, 2.05) is 11.9 Å². The highest BCUT2D eigenvalue weighted by Gasteiger charge is 2.32. The van der Waals surface area contributed by atoms with E-state index in [2.05, 4.69) is 9.88 Å². The van der Waals surface area contributed by atoms with Crippen molar-refractivity contribution in [1.29, 1.82) is 0 Å². The van der Waals surface area contributed by atoms with Crippen molar-refractivity contribution in [2.75, 3.05) is 38.1 Å². The van der Waals surface area contributed by atoms with E-state index < -0.39 is 9.84 Å². The molecule has 2 heterocycles.